The largest absolute Gasteiger partial charge is 0.0616 e. The van der Waals surface area contributed by atoms with Gasteiger partial charge in [0, 0.05) is 0 Å². The van der Waals surface area contributed by atoms with Crippen LogP contribution in [0.15, 0.2) is 188 Å². The monoisotopic (exact) mass is 655 g/mol. The van der Waals surface area contributed by atoms with Gasteiger partial charge in [-0.05, 0) is 163 Å². The zero-order valence-corrected chi connectivity index (χ0v) is 28.4. The van der Waals surface area contributed by atoms with Gasteiger partial charge in [-0.15, -0.1) is 0 Å². The van der Waals surface area contributed by atoms with Crippen LogP contribution in [0.5, 0.6) is 0 Å². The smallest absolute Gasteiger partial charge is 0.000763 e. The molecule has 0 atom stereocenters. The first-order valence-corrected chi connectivity index (χ1v) is 18.0. The molecule has 0 aliphatic heterocycles. The van der Waals surface area contributed by atoms with Crippen LogP contribution >= 0.6 is 0 Å². The van der Waals surface area contributed by atoms with Crippen molar-refractivity contribution in [1.82, 2.24) is 0 Å². The molecule has 11 aromatic carbocycles. The van der Waals surface area contributed by atoms with Crippen LogP contribution < -0.4 is 0 Å². The van der Waals surface area contributed by atoms with E-state index in [1.54, 1.807) is 0 Å². The third-order valence-electron chi connectivity index (χ3n) is 11.0. The number of benzene rings is 11. The summed E-state index contributed by atoms with van der Waals surface area (Å²) < 4.78 is 0. The van der Waals surface area contributed by atoms with E-state index in [1.807, 2.05) is 0 Å². The lowest BCUT2D eigenvalue weighted by Gasteiger charge is -2.22. The molecule has 0 N–H and O–H groups in total. The Labute approximate surface area is 301 Å². The molecule has 0 aromatic heterocycles. The van der Waals surface area contributed by atoms with Gasteiger partial charge in [0.15, 0.2) is 0 Å². The minimum atomic E-state index is 1.12. The van der Waals surface area contributed by atoms with Crippen LogP contribution in [0.4, 0.5) is 0 Å². The number of rotatable bonds is 3. The van der Waals surface area contributed by atoms with Gasteiger partial charge in [-0.2, -0.15) is 0 Å². The fourth-order valence-corrected chi connectivity index (χ4v) is 8.42. The van der Waals surface area contributed by atoms with Crippen LogP contribution in [0.3, 0.4) is 0 Å². The van der Waals surface area contributed by atoms with Gasteiger partial charge in [0.2, 0.25) is 0 Å². The average molecular weight is 656 g/mol. The summed E-state index contributed by atoms with van der Waals surface area (Å²) >= 11 is 0. The summed E-state index contributed by atoms with van der Waals surface area (Å²) in [4.78, 5) is 0. The molecule has 11 aromatic rings. The quantitative estimate of drug-likeness (QED) is 0.166. The second kappa shape index (κ2) is 11.4. The molecule has 11 rings (SSSR count). The summed E-state index contributed by atoms with van der Waals surface area (Å²) in [5.41, 5.74) is 7.28. The number of hydrogen-bond acceptors (Lipinski definition) is 0. The van der Waals surface area contributed by atoms with Crippen molar-refractivity contribution in [3.8, 4) is 33.4 Å². The first-order valence-electron chi connectivity index (χ1n) is 18.0. The Morgan fingerprint density at radius 1 is 0.269 bits per heavy atom. The van der Waals surface area contributed by atoms with Crippen LogP contribution in [0.2, 0.25) is 0 Å². The van der Waals surface area contributed by atoms with Crippen LogP contribution in [0.25, 0.3) is 109 Å². The van der Waals surface area contributed by atoms with Crippen LogP contribution in [0, 0.1) is 6.07 Å². The second-order valence-corrected chi connectivity index (χ2v) is 14.0. The molecule has 0 fully saturated rings. The van der Waals surface area contributed by atoms with Gasteiger partial charge in [-0.3, -0.25) is 0 Å². The first kappa shape index (κ1) is 29.0. The molecule has 0 aliphatic carbocycles. The highest BCUT2D eigenvalue weighted by atomic mass is 14.2. The average Bonchev–Trinajstić information content (AvgIpc) is 3.20. The maximum Gasteiger partial charge on any atom is -0.000763 e. The summed E-state index contributed by atoms with van der Waals surface area (Å²) in [5.74, 6) is 0. The molecule has 0 heteroatoms. The highest BCUT2D eigenvalue weighted by molar-refractivity contribution is 6.18. The van der Waals surface area contributed by atoms with Crippen molar-refractivity contribution in [2.24, 2.45) is 0 Å². The molecule has 0 heterocycles. The van der Waals surface area contributed by atoms with Crippen molar-refractivity contribution in [2.45, 2.75) is 0 Å². The Hall–Kier alpha value is -6.76. The topological polar surface area (TPSA) is 0 Å². The van der Waals surface area contributed by atoms with Gasteiger partial charge in [0.1, 0.15) is 0 Å². The van der Waals surface area contributed by atoms with Gasteiger partial charge < -0.3 is 0 Å². The summed E-state index contributed by atoms with van der Waals surface area (Å²) in [6.07, 6.45) is 0. The van der Waals surface area contributed by atoms with Gasteiger partial charge in [-0.25, -0.2) is 0 Å². The molecule has 52 heavy (non-hydrogen) atoms. The zero-order valence-electron chi connectivity index (χ0n) is 28.4. The highest BCUT2D eigenvalue weighted by Gasteiger charge is 2.21. The number of fused-ring (bicyclic) bond motifs is 7. The molecule has 1 radical (unpaired) electrons. The Morgan fingerprint density at radius 2 is 0.788 bits per heavy atom. The van der Waals surface area contributed by atoms with Crippen molar-refractivity contribution in [1.29, 1.82) is 0 Å². The minimum Gasteiger partial charge on any atom is -0.0616 e. The normalized spacial score (nSPS) is 11.8. The summed E-state index contributed by atoms with van der Waals surface area (Å²) in [5, 5.41) is 17.1. The molecule has 0 unspecified atom stereocenters. The second-order valence-electron chi connectivity index (χ2n) is 14.0. The van der Waals surface area contributed by atoms with Crippen molar-refractivity contribution in [3.05, 3.63) is 194 Å². The van der Waals surface area contributed by atoms with Gasteiger partial charge in [0.25, 0.3) is 0 Å². The lowest BCUT2D eigenvalue weighted by atomic mass is 9.81. The third-order valence-corrected chi connectivity index (χ3v) is 11.0. The van der Waals surface area contributed by atoms with Crippen LogP contribution in [0.1, 0.15) is 0 Å². The fourth-order valence-electron chi connectivity index (χ4n) is 8.42. The van der Waals surface area contributed by atoms with Crippen molar-refractivity contribution in [2.75, 3.05) is 0 Å². The predicted octanol–water partition coefficient (Wildman–Crippen LogP) is 14.6. The zero-order chi connectivity index (χ0) is 34.2. The Bertz CT molecular complexity index is 3240. The molecule has 239 valence electrons. The Balaban J connectivity index is 1.32. The number of hydrogen-bond donors (Lipinski definition) is 0. The van der Waals surface area contributed by atoms with Crippen LogP contribution in [-0.4, -0.2) is 0 Å². The van der Waals surface area contributed by atoms with Crippen molar-refractivity contribution < 1.29 is 0 Å². The molecule has 0 aliphatic rings. The van der Waals surface area contributed by atoms with E-state index in [9.17, 15) is 0 Å². The van der Waals surface area contributed by atoms with E-state index in [2.05, 4.69) is 194 Å². The van der Waals surface area contributed by atoms with E-state index < -0.39 is 0 Å². The minimum absolute atomic E-state index is 1.12. The molecular formula is C52H31. The molecule has 0 saturated heterocycles. The Kier molecular flexibility index (Phi) is 6.35. The molecular weight excluding hydrogens is 625 g/mol. The third kappa shape index (κ3) is 4.62. The summed E-state index contributed by atoms with van der Waals surface area (Å²) in [6, 6.07) is 73.5. The molecule has 0 amide bonds. The van der Waals surface area contributed by atoms with Crippen molar-refractivity contribution >= 4 is 75.4 Å². The fraction of sp³-hybridized carbons (Fsp3) is 0. The van der Waals surface area contributed by atoms with E-state index in [1.165, 1.54) is 98.0 Å². The maximum absolute atomic E-state index is 3.95. The maximum atomic E-state index is 3.95. The van der Waals surface area contributed by atoms with E-state index in [4.69, 9.17) is 0 Å². The van der Waals surface area contributed by atoms with E-state index >= 15 is 0 Å². The van der Waals surface area contributed by atoms with E-state index in [0.29, 0.717) is 0 Å². The van der Waals surface area contributed by atoms with E-state index in [-0.39, 0.29) is 0 Å². The first-order chi connectivity index (χ1) is 25.7. The molecule has 0 spiro atoms. The van der Waals surface area contributed by atoms with Gasteiger partial charge in [-0.1, -0.05) is 140 Å². The van der Waals surface area contributed by atoms with Crippen LogP contribution in [-0.2, 0) is 0 Å². The lowest BCUT2D eigenvalue weighted by Crippen LogP contribution is -1.95. The van der Waals surface area contributed by atoms with Crippen molar-refractivity contribution in [3.63, 3.8) is 0 Å². The van der Waals surface area contributed by atoms with Gasteiger partial charge >= 0.3 is 0 Å². The lowest BCUT2D eigenvalue weighted by molar-refractivity contribution is 1.63. The SMILES string of the molecule is [c]1c2ccccc2cc2cc(-c3ccc4ccccc4c3)c(-c3cccc4cc5ccccc5cc34)c(-c3ccc4cc5ccccc5cc4c3)c12. The van der Waals surface area contributed by atoms with E-state index in [0.717, 1.165) is 10.8 Å². The van der Waals surface area contributed by atoms with Gasteiger partial charge in [0.05, 0.1) is 0 Å². The molecule has 0 saturated carbocycles. The summed E-state index contributed by atoms with van der Waals surface area (Å²) in [7, 11) is 0. The standard InChI is InChI=1S/C52H31/c1-2-11-34-25-43(22-20-33(34)10-1)49-32-46-28-38-15-6-8-17-40(38)31-50(46)51(44-23-21-41-24-35-12-3-4-14-37(35)27-45(41)29-44)52(49)47-19-9-18-42-26-36-13-5-7-16-39(36)30-48(42)47/h1-30,32H. The summed E-state index contributed by atoms with van der Waals surface area (Å²) in [6.45, 7) is 0. The highest BCUT2D eigenvalue weighted by Crippen LogP contribution is 2.48. The molecule has 0 nitrogen and oxygen atoms in total. The Morgan fingerprint density at radius 3 is 1.56 bits per heavy atom. The molecule has 0 bridgehead atoms. The predicted molar refractivity (Wildman–Crippen MR) is 224 cm³/mol.